The molecule has 0 atom stereocenters. The van der Waals surface area contributed by atoms with Crippen LogP contribution in [0.25, 0.3) is 10.9 Å². The molecule has 2 rings (SSSR count). The van der Waals surface area contributed by atoms with Crippen molar-refractivity contribution in [1.29, 1.82) is 0 Å². The molecule has 0 spiro atoms. The molecule has 0 amide bonds. The lowest BCUT2D eigenvalue weighted by Crippen LogP contribution is -2.26. The van der Waals surface area contributed by atoms with Gasteiger partial charge in [-0.2, -0.15) is 0 Å². The van der Waals surface area contributed by atoms with Crippen molar-refractivity contribution in [2.75, 3.05) is 0 Å². The van der Waals surface area contributed by atoms with Gasteiger partial charge in [-0.05, 0) is 43.9 Å². The summed E-state index contributed by atoms with van der Waals surface area (Å²) >= 11 is 0. The Morgan fingerprint density at radius 3 is 2.68 bits per heavy atom. The number of hydrogen-bond donors (Lipinski definition) is 1. The standard InChI is InChI=1S/C15H20N2O2/c1-15(2,3)19-14(18)10-17-7-6-12-5-4-11(9-16)8-13(12)17/h4-8H,9-10,16H2,1-3H3. The van der Waals surface area contributed by atoms with E-state index in [0.717, 1.165) is 16.5 Å². The van der Waals surface area contributed by atoms with Crippen molar-refractivity contribution in [3.63, 3.8) is 0 Å². The molecule has 2 N–H and O–H groups in total. The topological polar surface area (TPSA) is 57.2 Å². The van der Waals surface area contributed by atoms with Crippen LogP contribution in [-0.4, -0.2) is 16.1 Å². The fourth-order valence-corrected chi connectivity index (χ4v) is 2.01. The number of benzene rings is 1. The minimum absolute atomic E-state index is 0.217. The van der Waals surface area contributed by atoms with E-state index in [-0.39, 0.29) is 12.5 Å². The van der Waals surface area contributed by atoms with Crippen LogP contribution in [0, 0.1) is 0 Å². The van der Waals surface area contributed by atoms with Crippen LogP contribution in [0.15, 0.2) is 30.5 Å². The van der Waals surface area contributed by atoms with Crippen LogP contribution in [0.3, 0.4) is 0 Å². The minimum atomic E-state index is -0.456. The van der Waals surface area contributed by atoms with Gasteiger partial charge in [0.15, 0.2) is 0 Å². The number of carbonyl (C=O) groups excluding carboxylic acids is 1. The molecule has 0 aliphatic carbocycles. The molecule has 1 aromatic heterocycles. The summed E-state index contributed by atoms with van der Waals surface area (Å²) in [6, 6.07) is 8.02. The highest BCUT2D eigenvalue weighted by atomic mass is 16.6. The van der Waals surface area contributed by atoms with Crippen LogP contribution in [-0.2, 0) is 22.6 Å². The summed E-state index contributed by atoms with van der Waals surface area (Å²) in [5.41, 5.74) is 7.25. The fourth-order valence-electron chi connectivity index (χ4n) is 2.01. The summed E-state index contributed by atoms with van der Waals surface area (Å²) in [6.07, 6.45) is 1.90. The summed E-state index contributed by atoms with van der Waals surface area (Å²) in [5, 5.41) is 1.10. The number of carbonyl (C=O) groups is 1. The van der Waals surface area contributed by atoms with Gasteiger partial charge in [-0.25, -0.2) is 0 Å². The molecule has 0 radical (unpaired) electrons. The average Bonchev–Trinajstić information content (AvgIpc) is 2.69. The minimum Gasteiger partial charge on any atom is -0.459 e. The highest BCUT2D eigenvalue weighted by Gasteiger charge is 2.17. The maximum atomic E-state index is 11.9. The van der Waals surface area contributed by atoms with Crippen LogP contribution in [0.1, 0.15) is 26.3 Å². The van der Waals surface area contributed by atoms with Gasteiger partial charge in [0.05, 0.1) is 0 Å². The van der Waals surface area contributed by atoms with Crippen LogP contribution in [0.2, 0.25) is 0 Å². The van der Waals surface area contributed by atoms with Crippen molar-refractivity contribution in [2.24, 2.45) is 5.73 Å². The van der Waals surface area contributed by atoms with Crippen molar-refractivity contribution in [1.82, 2.24) is 4.57 Å². The van der Waals surface area contributed by atoms with Crippen molar-refractivity contribution in [3.8, 4) is 0 Å². The van der Waals surface area contributed by atoms with Gasteiger partial charge in [0.1, 0.15) is 12.1 Å². The molecular weight excluding hydrogens is 240 g/mol. The molecule has 102 valence electrons. The number of nitrogens with zero attached hydrogens (tertiary/aromatic N) is 1. The maximum Gasteiger partial charge on any atom is 0.326 e. The quantitative estimate of drug-likeness (QED) is 0.862. The van der Waals surface area contributed by atoms with Crippen LogP contribution >= 0.6 is 0 Å². The number of hydrogen-bond acceptors (Lipinski definition) is 3. The fraction of sp³-hybridized carbons (Fsp3) is 0.400. The zero-order chi connectivity index (χ0) is 14.0. The second-order valence-electron chi connectivity index (χ2n) is 5.63. The molecule has 0 saturated heterocycles. The molecule has 0 unspecified atom stereocenters. The van der Waals surface area contributed by atoms with E-state index in [4.69, 9.17) is 10.5 Å². The average molecular weight is 260 g/mol. The van der Waals surface area contributed by atoms with Gasteiger partial charge < -0.3 is 15.0 Å². The lowest BCUT2D eigenvalue weighted by atomic mass is 10.1. The third-order valence-electron chi connectivity index (χ3n) is 2.79. The van der Waals surface area contributed by atoms with E-state index in [0.29, 0.717) is 6.54 Å². The monoisotopic (exact) mass is 260 g/mol. The summed E-state index contributed by atoms with van der Waals surface area (Å²) in [7, 11) is 0. The first-order valence-electron chi connectivity index (χ1n) is 6.39. The first-order valence-corrected chi connectivity index (χ1v) is 6.39. The first-order chi connectivity index (χ1) is 8.89. The Balaban J connectivity index is 2.23. The van der Waals surface area contributed by atoms with E-state index in [9.17, 15) is 4.79 Å². The molecule has 0 saturated carbocycles. The molecule has 2 aromatic rings. The van der Waals surface area contributed by atoms with Crippen molar-refractivity contribution in [2.45, 2.75) is 39.5 Å². The molecular formula is C15H20N2O2. The van der Waals surface area contributed by atoms with Gasteiger partial charge in [-0.15, -0.1) is 0 Å². The third kappa shape index (κ3) is 3.35. The molecule has 4 nitrogen and oxygen atoms in total. The summed E-state index contributed by atoms with van der Waals surface area (Å²) in [6.45, 7) is 6.31. The van der Waals surface area contributed by atoms with E-state index < -0.39 is 5.60 Å². The van der Waals surface area contributed by atoms with E-state index >= 15 is 0 Å². The molecule has 1 heterocycles. The zero-order valence-electron chi connectivity index (χ0n) is 11.6. The number of aromatic nitrogens is 1. The van der Waals surface area contributed by atoms with Gasteiger partial charge in [0, 0.05) is 18.3 Å². The van der Waals surface area contributed by atoms with Gasteiger partial charge >= 0.3 is 5.97 Å². The molecule has 0 fully saturated rings. The number of ether oxygens (including phenoxy) is 1. The predicted octanol–water partition coefficient (Wildman–Crippen LogP) is 2.44. The summed E-state index contributed by atoms with van der Waals surface area (Å²) < 4.78 is 7.22. The smallest absolute Gasteiger partial charge is 0.326 e. The summed E-state index contributed by atoms with van der Waals surface area (Å²) in [5.74, 6) is -0.233. The molecule has 0 aliphatic rings. The van der Waals surface area contributed by atoms with Gasteiger partial charge in [-0.1, -0.05) is 12.1 Å². The molecule has 0 aliphatic heterocycles. The van der Waals surface area contributed by atoms with Gasteiger partial charge in [0.25, 0.3) is 0 Å². The number of fused-ring (bicyclic) bond motifs is 1. The predicted molar refractivity (Wildman–Crippen MR) is 75.7 cm³/mol. The molecule has 19 heavy (non-hydrogen) atoms. The Bertz CT molecular complexity index is 594. The Morgan fingerprint density at radius 2 is 2.05 bits per heavy atom. The van der Waals surface area contributed by atoms with Crippen LogP contribution in [0.4, 0.5) is 0 Å². The van der Waals surface area contributed by atoms with E-state index in [1.807, 2.05) is 55.8 Å². The van der Waals surface area contributed by atoms with Crippen molar-refractivity contribution < 1.29 is 9.53 Å². The Labute approximate surface area is 113 Å². The van der Waals surface area contributed by atoms with Crippen molar-refractivity contribution >= 4 is 16.9 Å². The molecule has 0 bridgehead atoms. The SMILES string of the molecule is CC(C)(C)OC(=O)Cn1ccc2ccc(CN)cc21. The maximum absolute atomic E-state index is 11.9. The van der Waals surface area contributed by atoms with E-state index in [1.165, 1.54) is 0 Å². The lowest BCUT2D eigenvalue weighted by Gasteiger charge is -2.19. The van der Waals surface area contributed by atoms with Crippen molar-refractivity contribution in [3.05, 3.63) is 36.0 Å². The van der Waals surface area contributed by atoms with Gasteiger partial charge in [0.2, 0.25) is 0 Å². The highest BCUT2D eigenvalue weighted by molar-refractivity contribution is 5.82. The lowest BCUT2D eigenvalue weighted by molar-refractivity contribution is -0.155. The summed E-state index contributed by atoms with van der Waals surface area (Å²) in [4.78, 5) is 11.9. The normalized spacial score (nSPS) is 11.8. The zero-order valence-corrected chi connectivity index (χ0v) is 11.6. The number of esters is 1. The number of nitrogens with two attached hydrogens (primary N) is 1. The number of rotatable bonds is 3. The Kier molecular flexibility index (Phi) is 3.62. The Hall–Kier alpha value is -1.81. The van der Waals surface area contributed by atoms with Crippen LogP contribution < -0.4 is 5.73 Å². The largest absolute Gasteiger partial charge is 0.459 e. The highest BCUT2D eigenvalue weighted by Crippen LogP contribution is 2.18. The third-order valence-corrected chi connectivity index (χ3v) is 2.79. The van der Waals surface area contributed by atoms with E-state index in [2.05, 4.69) is 0 Å². The second kappa shape index (κ2) is 5.05. The second-order valence-corrected chi connectivity index (χ2v) is 5.63. The Morgan fingerprint density at radius 1 is 1.32 bits per heavy atom. The van der Waals surface area contributed by atoms with E-state index in [1.54, 1.807) is 0 Å². The van der Waals surface area contributed by atoms with Crippen LogP contribution in [0.5, 0.6) is 0 Å². The van der Waals surface area contributed by atoms with Gasteiger partial charge in [-0.3, -0.25) is 4.79 Å². The molecule has 1 aromatic carbocycles. The molecule has 4 heteroatoms. The first kappa shape index (κ1) is 13.6.